The fraction of sp³-hybridized carbons (Fsp3) is 0.286. The van der Waals surface area contributed by atoms with Gasteiger partial charge in [0.2, 0.25) is 0 Å². The summed E-state index contributed by atoms with van der Waals surface area (Å²) in [5, 5.41) is 13.5. The molecule has 98 valence electrons. The molecule has 0 atom stereocenters. The SMILES string of the molecule is Cc1nn(C)c(N(C)Cc2ccc(N)cc2)c1C#N. The summed E-state index contributed by atoms with van der Waals surface area (Å²) in [4.78, 5) is 2.02. The number of hydrogen-bond acceptors (Lipinski definition) is 4. The topological polar surface area (TPSA) is 70.9 Å². The molecule has 0 radical (unpaired) electrons. The van der Waals surface area contributed by atoms with Crippen LogP contribution >= 0.6 is 0 Å². The molecular formula is C14H17N5. The van der Waals surface area contributed by atoms with Crippen molar-refractivity contribution in [2.45, 2.75) is 13.5 Å². The predicted molar refractivity (Wildman–Crippen MR) is 75.6 cm³/mol. The largest absolute Gasteiger partial charge is 0.399 e. The van der Waals surface area contributed by atoms with Crippen LogP contribution in [-0.4, -0.2) is 16.8 Å². The van der Waals surface area contributed by atoms with E-state index in [4.69, 9.17) is 5.73 Å². The number of hydrogen-bond donors (Lipinski definition) is 1. The van der Waals surface area contributed by atoms with E-state index in [1.807, 2.05) is 50.2 Å². The highest BCUT2D eigenvalue weighted by atomic mass is 15.4. The van der Waals surface area contributed by atoms with Crippen LogP contribution < -0.4 is 10.6 Å². The first kappa shape index (κ1) is 13.0. The molecule has 0 saturated carbocycles. The molecular weight excluding hydrogens is 238 g/mol. The smallest absolute Gasteiger partial charge is 0.145 e. The van der Waals surface area contributed by atoms with Gasteiger partial charge in [0.15, 0.2) is 0 Å². The monoisotopic (exact) mass is 255 g/mol. The Morgan fingerprint density at radius 3 is 2.58 bits per heavy atom. The van der Waals surface area contributed by atoms with Gasteiger partial charge in [0.25, 0.3) is 0 Å². The Kier molecular flexibility index (Phi) is 3.43. The standard InChI is InChI=1S/C14H17N5/c1-10-13(8-15)14(19(3)17-10)18(2)9-11-4-6-12(16)7-5-11/h4-7H,9,16H2,1-3H3. The van der Waals surface area contributed by atoms with E-state index in [0.717, 1.165) is 22.8 Å². The van der Waals surface area contributed by atoms with Crippen LogP contribution in [0.25, 0.3) is 0 Å². The van der Waals surface area contributed by atoms with E-state index in [1.54, 1.807) is 4.68 Å². The molecule has 2 rings (SSSR count). The summed E-state index contributed by atoms with van der Waals surface area (Å²) in [7, 11) is 3.80. The molecule has 0 aliphatic heterocycles. The second-order valence-electron chi connectivity index (χ2n) is 4.62. The minimum Gasteiger partial charge on any atom is -0.399 e. The van der Waals surface area contributed by atoms with Gasteiger partial charge in [0.05, 0.1) is 5.69 Å². The Bertz CT molecular complexity index is 619. The second-order valence-corrected chi connectivity index (χ2v) is 4.62. The molecule has 0 amide bonds. The summed E-state index contributed by atoms with van der Waals surface area (Å²) < 4.78 is 1.74. The number of aryl methyl sites for hydroxylation is 2. The number of nitrogens with zero attached hydrogens (tertiary/aromatic N) is 4. The lowest BCUT2D eigenvalue weighted by molar-refractivity contribution is 0.726. The van der Waals surface area contributed by atoms with E-state index in [1.165, 1.54) is 0 Å². The normalized spacial score (nSPS) is 10.2. The van der Waals surface area contributed by atoms with Crippen molar-refractivity contribution in [2.24, 2.45) is 7.05 Å². The van der Waals surface area contributed by atoms with Crippen molar-refractivity contribution in [3.63, 3.8) is 0 Å². The molecule has 2 aromatic rings. The third-order valence-corrected chi connectivity index (χ3v) is 3.06. The number of aromatic nitrogens is 2. The Hall–Kier alpha value is -2.48. The van der Waals surface area contributed by atoms with E-state index < -0.39 is 0 Å². The molecule has 0 spiro atoms. The number of rotatable bonds is 3. The molecule has 0 aliphatic rings. The van der Waals surface area contributed by atoms with Crippen LogP contribution in [0.4, 0.5) is 11.5 Å². The van der Waals surface area contributed by atoms with Crippen molar-refractivity contribution in [3.8, 4) is 6.07 Å². The minimum absolute atomic E-state index is 0.625. The van der Waals surface area contributed by atoms with Crippen LogP contribution in [0.15, 0.2) is 24.3 Å². The first-order valence-electron chi connectivity index (χ1n) is 6.02. The van der Waals surface area contributed by atoms with Gasteiger partial charge in [-0.3, -0.25) is 4.68 Å². The zero-order chi connectivity index (χ0) is 14.0. The first-order chi connectivity index (χ1) is 9.02. The highest BCUT2D eigenvalue weighted by Gasteiger charge is 2.16. The van der Waals surface area contributed by atoms with Crippen LogP contribution in [0.2, 0.25) is 0 Å². The molecule has 1 aromatic carbocycles. The van der Waals surface area contributed by atoms with Gasteiger partial charge < -0.3 is 10.6 Å². The van der Waals surface area contributed by atoms with Crippen LogP contribution in [0, 0.1) is 18.3 Å². The highest BCUT2D eigenvalue weighted by molar-refractivity contribution is 5.56. The van der Waals surface area contributed by atoms with Crippen molar-refractivity contribution in [3.05, 3.63) is 41.1 Å². The fourth-order valence-corrected chi connectivity index (χ4v) is 2.19. The summed E-state index contributed by atoms with van der Waals surface area (Å²) in [6.07, 6.45) is 0. The average molecular weight is 255 g/mol. The quantitative estimate of drug-likeness (QED) is 0.849. The number of nitrogen functional groups attached to an aromatic ring is 1. The van der Waals surface area contributed by atoms with Crippen LogP contribution in [-0.2, 0) is 13.6 Å². The van der Waals surface area contributed by atoms with E-state index >= 15 is 0 Å². The summed E-state index contributed by atoms with van der Waals surface area (Å²) >= 11 is 0. The van der Waals surface area contributed by atoms with Crippen molar-refractivity contribution >= 4 is 11.5 Å². The van der Waals surface area contributed by atoms with Gasteiger partial charge in [-0.1, -0.05) is 12.1 Å². The van der Waals surface area contributed by atoms with Gasteiger partial charge in [-0.2, -0.15) is 10.4 Å². The lowest BCUT2D eigenvalue weighted by Crippen LogP contribution is -2.20. The summed E-state index contributed by atoms with van der Waals surface area (Å²) in [6.45, 7) is 2.55. The Morgan fingerprint density at radius 2 is 2.00 bits per heavy atom. The van der Waals surface area contributed by atoms with Gasteiger partial charge in [0.1, 0.15) is 17.5 Å². The van der Waals surface area contributed by atoms with E-state index in [9.17, 15) is 5.26 Å². The number of nitrogens with two attached hydrogens (primary N) is 1. The third-order valence-electron chi connectivity index (χ3n) is 3.06. The lowest BCUT2D eigenvalue weighted by atomic mass is 10.2. The van der Waals surface area contributed by atoms with Crippen molar-refractivity contribution in [1.82, 2.24) is 9.78 Å². The Balaban J connectivity index is 2.28. The van der Waals surface area contributed by atoms with Crippen molar-refractivity contribution < 1.29 is 0 Å². The van der Waals surface area contributed by atoms with Crippen molar-refractivity contribution in [1.29, 1.82) is 5.26 Å². The zero-order valence-corrected chi connectivity index (χ0v) is 11.4. The minimum atomic E-state index is 0.625. The maximum absolute atomic E-state index is 9.22. The fourth-order valence-electron chi connectivity index (χ4n) is 2.19. The molecule has 0 fully saturated rings. The third kappa shape index (κ3) is 2.52. The average Bonchev–Trinajstić information content (AvgIpc) is 2.66. The molecule has 2 N–H and O–H groups in total. The van der Waals surface area contributed by atoms with Gasteiger partial charge in [-0.25, -0.2) is 0 Å². The lowest BCUT2D eigenvalue weighted by Gasteiger charge is -2.19. The maximum Gasteiger partial charge on any atom is 0.145 e. The van der Waals surface area contributed by atoms with Gasteiger partial charge in [0, 0.05) is 26.3 Å². The van der Waals surface area contributed by atoms with Gasteiger partial charge >= 0.3 is 0 Å². The van der Waals surface area contributed by atoms with E-state index in [2.05, 4.69) is 11.2 Å². The van der Waals surface area contributed by atoms with Crippen LogP contribution in [0.3, 0.4) is 0 Å². The van der Waals surface area contributed by atoms with Gasteiger partial charge in [-0.15, -0.1) is 0 Å². The maximum atomic E-state index is 9.22. The molecule has 0 bridgehead atoms. The molecule has 1 aromatic heterocycles. The summed E-state index contributed by atoms with van der Waals surface area (Å²) in [5.41, 5.74) is 8.94. The molecule has 5 heteroatoms. The first-order valence-corrected chi connectivity index (χ1v) is 6.02. The number of benzene rings is 1. The van der Waals surface area contributed by atoms with Crippen LogP contribution in [0.1, 0.15) is 16.8 Å². The van der Waals surface area contributed by atoms with Crippen LogP contribution in [0.5, 0.6) is 0 Å². The predicted octanol–water partition coefficient (Wildman–Crippen LogP) is 1.82. The number of nitriles is 1. The molecule has 19 heavy (non-hydrogen) atoms. The van der Waals surface area contributed by atoms with Crippen molar-refractivity contribution in [2.75, 3.05) is 17.7 Å². The van der Waals surface area contributed by atoms with E-state index in [-0.39, 0.29) is 0 Å². The van der Waals surface area contributed by atoms with Gasteiger partial charge in [-0.05, 0) is 24.6 Å². The molecule has 0 unspecified atom stereocenters. The molecule has 0 aliphatic carbocycles. The molecule has 1 heterocycles. The molecule has 0 saturated heterocycles. The zero-order valence-electron chi connectivity index (χ0n) is 11.4. The molecule has 5 nitrogen and oxygen atoms in total. The summed E-state index contributed by atoms with van der Waals surface area (Å²) in [5.74, 6) is 0.830. The Labute approximate surface area is 112 Å². The van der Waals surface area contributed by atoms with E-state index in [0.29, 0.717) is 12.1 Å². The summed E-state index contributed by atoms with van der Waals surface area (Å²) in [6, 6.07) is 9.95. The number of anilines is 2. The second kappa shape index (κ2) is 5.02. The Morgan fingerprint density at radius 1 is 1.37 bits per heavy atom. The highest BCUT2D eigenvalue weighted by Crippen LogP contribution is 2.22.